The lowest BCUT2D eigenvalue weighted by molar-refractivity contribution is -0.127. The molecule has 2 aromatic rings. The van der Waals surface area contributed by atoms with Gasteiger partial charge >= 0.3 is 5.97 Å². The van der Waals surface area contributed by atoms with E-state index in [1.165, 1.54) is 18.2 Å². The molecule has 8 nitrogen and oxygen atoms in total. The van der Waals surface area contributed by atoms with E-state index in [0.717, 1.165) is 0 Å². The highest BCUT2D eigenvalue weighted by Gasteiger charge is 2.15. The maximum absolute atomic E-state index is 11.8. The smallest absolute Gasteiger partial charge is 0.337 e. The summed E-state index contributed by atoms with van der Waals surface area (Å²) in [7, 11) is 0. The Morgan fingerprint density at radius 3 is 2.12 bits per heavy atom. The molecule has 0 saturated heterocycles. The number of anilines is 1. The number of carbonyl (C=O) groups excluding carboxylic acids is 3. The minimum Gasteiger partial charge on any atom is -0.478 e. The van der Waals surface area contributed by atoms with Crippen LogP contribution >= 0.6 is 0 Å². The SMILES string of the molecule is O=C(CC(=O)Nc1ccccc1C(=O)O)NNC(=O)c1ccccc1. The Hall–Kier alpha value is -3.68. The number of nitrogens with one attached hydrogen (secondary N) is 3. The Labute approximate surface area is 142 Å². The van der Waals surface area contributed by atoms with E-state index < -0.39 is 30.1 Å². The van der Waals surface area contributed by atoms with Crippen molar-refractivity contribution in [2.24, 2.45) is 0 Å². The van der Waals surface area contributed by atoms with Gasteiger partial charge in [0, 0.05) is 5.56 Å². The first-order valence-corrected chi connectivity index (χ1v) is 7.24. The molecule has 0 saturated carbocycles. The summed E-state index contributed by atoms with van der Waals surface area (Å²) in [5.74, 6) is -3.17. The summed E-state index contributed by atoms with van der Waals surface area (Å²) in [5.41, 5.74) is 4.65. The van der Waals surface area contributed by atoms with Crippen LogP contribution in [0.15, 0.2) is 54.6 Å². The van der Waals surface area contributed by atoms with Crippen LogP contribution < -0.4 is 16.2 Å². The Balaban J connectivity index is 1.86. The molecule has 3 amide bonds. The first kappa shape index (κ1) is 17.7. The second-order valence-corrected chi connectivity index (χ2v) is 4.94. The van der Waals surface area contributed by atoms with Crippen molar-refractivity contribution in [3.05, 3.63) is 65.7 Å². The second kappa shape index (κ2) is 8.25. The van der Waals surface area contributed by atoms with E-state index in [-0.39, 0.29) is 11.3 Å². The van der Waals surface area contributed by atoms with Gasteiger partial charge in [-0.2, -0.15) is 0 Å². The standard InChI is InChI=1S/C17H15N3O5/c21-14(18-13-9-5-4-8-12(13)17(24)25)10-15(22)19-20-16(23)11-6-2-1-3-7-11/h1-9H,10H2,(H,18,21)(H,19,22)(H,20,23)(H,24,25). The maximum atomic E-state index is 11.8. The minimum atomic E-state index is -1.20. The van der Waals surface area contributed by atoms with Crippen LogP contribution in [0.4, 0.5) is 5.69 Å². The molecule has 2 aromatic carbocycles. The summed E-state index contributed by atoms with van der Waals surface area (Å²) in [6, 6.07) is 14.0. The number of para-hydroxylation sites is 1. The number of amides is 3. The number of hydrazine groups is 1. The molecular weight excluding hydrogens is 326 g/mol. The molecule has 0 aliphatic heterocycles. The normalized spacial score (nSPS) is 9.76. The topological polar surface area (TPSA) is 125 Å². The van der Waals surface area contributed by atoms with E-state index in [0.29, 0.717) is 5.56 Å². The van der Waals surface area contributed by atoms with Crippen LogP contribution in [0.5, 0.6) is 0 Å². The van der Waals surface area contributed by atoms with E-state index in [2.05, 4.69) is 16.2 Å². The number of carboxylic acid groups (broad SMARTS) is 1. The molecule has 0 radical (unpaired) electrons. The number of benzene rings is 2. The fourth-order valence-corrected chi connectivity index (χ4v) is 1.95. The monoisotopic (exact) mass is 341 g/mol. The van der Waals surface area contributed by atoms with Crippen molar-refractivity contribution in [2.45, 2.75) is 6.42 Å². The molecule has 0 heterocycles. The predicted octanol–water partition coefficient (Wildman–Crippen LogP) is 1.17. The van der Waals surface area contributed by atoms with Gasteiger partial charge in [0.05, 0.1) is 11.3 Å². The van der Waals surface area contributed by atoms with Crippen molar-refractivity contribution in [1.29, 1.82) is 0 Å². The Morgan fingerprint density at radius 2 is 1.44 bits per heavy atom. The first-order chi connectivity index (χ1) is 12.0. The van der Waals surface area contributed by atoms with Crippen LogP contribution in [-0.2, 0) is 9.59 Å². The van der Waals surface area contributed by atoms with Gasteiger partial charge in [0.25, 0.3) is 5.91 Å². The Kier molecular flexibility index (Phi) is 5.83. The van der Waals surface area contributed by atoms with Crippen molar-refractivity contribution < 1.29 is 24.3 Å². The van der Waals surface area contributed by atoms with Gasteiger partial charge in [0.1, 0.15) is 6.42 Å². The van der Waals surface area contributed by atoms with E-state index in [1.54, 1.807) is 36.4 Å². The zero-order chi connectivity index (χ0) is 18.2. The molecular formula is C17H15N3O5. The molecule has 0 bridgehead atoms. The summed E-state index contributed by atoms with van der Waals surface area (Å²) in [5, 5.41) is 11.4. The highest BCUT2D eigenvalue weighted by molar-refractivity contribution is 6.07. The van der Waals surface area contributed by atoms with Crippen molar-refractivity contribution >= 4 is 29.4 Å². The fourth-order valence-electron chi connectivity index (χ4n) is 1.95. The van der Waals surface area contributed by atoms with Gasteiger partial charge in [-0.25, -0.2) is 4.79 Å². The molecule has 0 spiro atoms. The number of rotatable bonds is 5. The summed E-state index contributed by atoms with van der Waals surface area (Å²) in [6.07, 6.45) is -0.580. The lowest BCUT2D eigenvalue weighted by Gasteiger charge is -2.09. The van der Waals surface area contributed by atoms with Gasteiger partial charge in [0.15, 0.2) is 0 Å². The molecule has 8 heteroatoms. The average molecular weight is 341 g/mol. The lowest BCUT2D eigenvalue weighted by Crippen LogP contribution is -2.42. The van der Waals surface area contributed by atoms with Crippen LogP contribution in [-0.4, -0.2) is 28.8 Å². The van der Waals surface area contributed by atoms with Gasteiger partial charge in [0.2, 0.25) is 11.8 Å². The van der Waals surface area contributed by atoms with Crippen LogP contribution in [0.1, 0.15) is 27.1 Å². The number of hydrogen-bond donors (Lipinski definition) is 4. The zero-order valence-electron chi connectivity index (χ0n) is 13.0. The molecule has 0 aromatic heterocycles. The van der Waals surface area contributed by atoms with Gasteiger partial charge in [-0.15, -0.1) is 0 Å². The molecule has 0 aliphatic rings. The highest BCUT2D eigenvalue weighted by atomic mass is 16.4. The van der Waals surface area contributed by atoms with Crippen LogP contribution in [0.25, 0.3) is 0 Å². The maximum Gasteiger partial charge on any atom is 0.337 e. The minimum absolute atomic E-state index is 0.0844. The highest BCUT2D eigenvalue weighted by Crippen LogP contribution is 2.14. The summed E-state index contributed by atoms with van der Waals surface area (Å²) in [6.45, 7) is 0. The average Bonchev–Trinajstić information content (AvgIpc) is 2.60. The first-order valence-electron chi connectivity index (χ1n) is 7.24. The van der Waals surface area contributed by atoms with Crippen molar-refractivity contribution in [1.82, 2.24) is 10.9 Å². The third-order valence-electron chi connectivity index (χ3n) is 3.10. The number of hydrogen-bond acceptors (Lipinski definition) is 4. The van der Waals surface area contributed by atoms with Crippen molar-refractivity contribution in [3.63, 3.8) is 0 Å². The largest absolute Gasteiger partial charge is 0.478 e. The predicted molar refractivity (Wildman–Crippen MR) is 88.7 cm³/mol. The summed E-state index contributed by atoms with van der Waals surface area (Å²) in [4.78, 5) is 46.3. The molecule has 0 aliphatic carbocycles. The van der Waals surface area contributed by atoms with E-state index in [4.69, 9.17) is 5.11 Å². The van der Waals surface area contributed by atoms with E-state index in [1.807, 2.05) is 0 Å². The lowest BCUT2D eigenvalue weighted by atomic mass is 10.2. The molecule has 2 rings (SSSR count). The number of carbonyl (C=O) groups is 4. The molecule has 25 heavy (non-hydrogen) atoms. The molecule has 4 N–H and O–H groups in total. The van der Waals surface area contributed by atoms with Gasteiger partial charge < -0.3 is 10.4 Å². The van der Waals surface area contributed by atoms with Crippen LogP contribution in [0.2, 0.25) is 0 Å². The third-order valence-corrected chi connectivity index (χ3v) is 3.10. The Bertz CT molecular complexity index is 805. The molecule has 0 atom stereocenters. The third kappa shape index (κ3) is 5.17. The molecule has 0 unspecified atom stereocenters. The van der Waals surface area contributed by atoms with Gasteiger partial charge in [-0.05, 0) is 24.3 Å². The molecule has 0 fully saturated rings. The fraction of sp³-hybridized carbons (Fsp3) is 0.0588. The zero-order valence-corrected chi connectivity index (χ0v) is 13.0. The summed E-state index contributed by atoms with van der Waals surface area (Å²) < 4.78 is 0. The van der Waals surface area contributed by atoms with Crippen LogP contribution in [0.3, 0.4) is 0 Å². The van der Waals surface area contributed by atoms with E-state index >= 15 is 0 Å². The second-order valence-electron chi connectivity index (χ2n) is 4.94. The van der Waals surface area contributed by atoms with Crippen LogP contribution in [0, 0.1) is 0 Å². The number of aromatic carboxylic acids is 1. The Morgan fingerprint density at radius 1 is 0.800 bits per heavy atom. The van der Waals surface area contributed by atoms with Gasteiger partial charge in [-0.3, -0.25) is 25.2 Å². The van der Waals surface area contributed by atoms with E-state index in [9.17, 15) is 19.2 Å². The molecule has 128 valence electrons. The summed E-state index contributed by atoms with van der Waals surface area (Å²) >= 11 is 0. The van der Waals surface area contributed by atoms with Gasteiger partial charge in [-0.1, -0.05) is 30.3 Å². The van der Waals surface area contributed by atoms with Crippen molar-refractivity contribution in [3.8, 4) is 0 Å². The quantitative estimate of drug-likeness (QED) is 0.480. The number of carboxylic acids is 1. The van der Waals surface area contributed by atoms with Crippen molar-refractivity contribution in [2.75, 3.05) is 5.32 Å².